The molecule has 0 spiro atoms. The van der Waals surface area contributed by atoms with Crippen molar-refractivity contribution in [3.63, 3.8) is 0 Å². The van der Waals surface area contributed by atoms with E-state index < -0.39 is 0 Å². The first-order valence-corrected chi connectivity index (χ1v) is 10.5. The number of methoxy groups -OCH3 is 3. The van der Waals surface area contributed by atoms with Gasteiger partial charge in [-0.05, 0) is 55.6 Å². The summed E-state index contributed by atoms with van der Waals surface area (Å²) in [5, 5.41) is 2.94. The average Bonchev–Trinajstić information content (AvgIpc) is 2.83. The van der Waals surface area contributed by atoms with Gasteiger partial charge < -0.3 is 30.2 Å². The predicted molar refractivity (Wildman–Crippen MR) is 130 cm³/mol. The van der Waals surface area contributed by atoms with Crippen LogP contribution < -0.4 is 25.3 Å². The number of aromatic nitrogens is 1. The fourth-order valence-corrected chi connectivity index (χ4v) is 3.44. The Labute approximate surface area is 194 Å². The highest BCUT2D eigenvalue weighted by Gasteiger charge is 2.17. The first kappa shape index (κ1) is 23.9. The van der Waals surface area contributed by atoms with E-state index in [1.807, 2.05) is 55.4 Å². The summed E-state index contributed by atoms with van der Waals surface area (Å²) in [6.45, 7) is 1.34. The normalized spacial score (nSPS) is 10.7. The van der Waals surface area contributed by atoms with Crippen LogP contribution in [0.5, 0.6) is 17.2 Å². The highest BCUT2D eigenvalue weighted by Crippen LogP contribution is 2.42. The third kappa shape index (κ3) is 5.53. The van der Waals surface area contributed by atoms with Crippen molar-refractivity contribution in [2.75, 3.05) is 54.2 Å². The zero-order chi connectivity index (χ0) is 24.0. The Kier molecular flexibility index (Phi) is 7.74. The number of amides is 1. The number of hydrogen-bond acceptors (Lipinski definition) is 7. The van der Waals surface area contributed by atoms with Gasteiger partial charge in [-0.3, -0.25) is 4.79 Å². The van der Waals surface area contributed by atoms with Crippen LogP contribution >= 0.6 is 0 Å². The Morgan fingerprint density at radius 2 is 1.67 bits per heavy atom. The Morgan fingerprint density at radius 3 is 2.27 bits per heavy atom. The smallest absolute Gasteiger partial charge is 0.251 e. The van der Waals surface area contributed by atoms with Crippen molar-refractivity contribution in [2.45, 2.75) is 0 Å². The van der Waals surface area contributed by atoms with Gasteiger partial charge >= 0.3 is 0 Å². The van der Waals surface area contributed by atoms with Crippen molar-refractivity contribution in [1.29, 1.82) is 0 Å². The standard InChI is InChI=1S/C25H30N4O4/c1-29(2)10-9-27-25(30)17-8-6-7-16(11-17)19-12-20(24(26)28-15-19)18-13-21(31-3)23(33-5)22(14-18)32-4/h6-8,11-15H,9-10H2,1-5H3,(H2,26,28)(H,27,30). The lowest BCUT2D eigenvalue weighted by Crippen LogP contribution is -2.31. The maximum atomic E-state index is 12.5. The maximum Gasteiger partial charge on any atom is 0.251 e. The van der Waals surface area contributed by atoms with E-state index in [-0.39, 0.29) is 5.91 Å². The average molecular weight is 451 g/mol. The van der Waals surface area contributed by atoms with Crippen LogP contribution in [-0.4, -0.2) is 64.3 Å². The van der Waals surface area contributed by atoms with Crippen molar-refractivity contribution < 1.29 is 19.0 Å². The number of ether oxygens (including phenoxy) is 3. The van der Waals surface area contributed by atoms with Gasteiger partial charge in [0, 0.05) is 36.0 Å². The maximum absolute atomic E-state index is 12.5. The molecule has 1 aromatic heterocycles. The second-order valence-corrected chi connectivity index (χ2v) is 7.71. The summed E-state index contributed by atoms with van der Waals surface area (Å²) in [6, 6.07) is 13.0. The van der Waals surface area contributed by atoms with Crippen LogP contribution in [0.3, 0.4) is 0 Å². The van der Waals surface area contributed by atoms with Gasteiger partial charge in [-0.1, -0.05) is 12.1 Å². The monoisotopic (exact) mass is 450 g/mol. The van der Waals surface area contributed by atoms with E-state index in [0.29, 0.717) is 40.7 Å². The number of likely N-dealkylation sites (N-methyl/N-ethyl adjacent to an activating group) is 1. The van der Waals surface area contributed by atoms with Gasteiger partial charge in [-0.15, -0.1) is 0 Å². The molecule has 1 heterocycles. The number of hydrogen-bond donors (Lipinski definition) is 2. The van der Waals surface area contributed by atoms with Crippen LogP contribution in [0.25, 0.3) is 22.3 Å². The number of carbonyl (C=O) groups excluding carboxylic acids is 1. The Balaban J connectivity index is 1.97. The quantitative estimate of drug-likeness (QED) is 0.516. The number of rotatable bonds is 9. The molecule has 0 saturated carbocycles. The van der Waals surface area contributed by atoms with Gasteiger partial charge in [0.25, 0.3) is 5.91 Å². The van der Waals surface area contributed by atoms with Crippen LogP contribution in [0, 0.1) is 0 Å². The molecular formula is C25H30N4O4. The summed E-state index contributed by atoms with van der Waals surface area (Å²) in [4.78, 5) is 19.0. The minimum Gasteiger partial charge on any atom is -0.493 e. The molecule has 0 aliphatic rings. The minimum absolute atomic E-state index is 0.119. The third-order valence-electron chi connectivity index (χ3n) is 5.20. The molecule has 0 unspecified atom stereocenters. The molecule has 33 heavy (non-hydrogen) atoms. The lowest BCUT2D eigenvalue weighted by molar-refractivity contribution is 0.0951. The van der Waals surface area contributed by atoms with Gasteiger partial charge in [0.15, 0.2) is 11.5 Å². The fraction of sp³-hybridized carbons (Fsp3) is 0.280. The first-order chi connectivity index (χ1) is 15.9. The molecule has 0 fully saturated rings. The van der Waals surface area contributed by atoms with E-state index in [9.17, 15) is 4.79 Å². The molecule has 0 atom stereocenters. The number of benzene rings is 2. The molecule has 0 bridgehead atoms. The van der Waals surface area contributed by atoms with Crippen molar-refractivity contribution in [1.82, 2.24) is 15.2 Å². The molecular weight excluding hydrogens is 420 g/mol. The van der Waals surface area contributed by atoms with E-state index in [2.05, 4.69) is 10.3 Å². The molecule has 0 radical (unpaired) electrons. The van der Waals surface area contributed by atoms with Crippen molar-refractivity contribution in [3.05, 3.63) is 54.2 Å². The van der Waals surface area contributed by atoms with Gasteiger partial charge in [0.1, 0.15) is 5.82 Å². The zero-order valence-corrected chi connectivity index (χ0v) is 19.6. The highest BCUT2D eigenvalue weighted by molar-refractivity contribution is 5.95. The van der Waals surface area contributed by atoms with Crippen molar-refractivity contribution >= 4 is 11.7 Å². The number of carbonyl (C=O) groups is 1. The summed E-state index contributed by atoms with van der Waals surface area (Å²) < 4.78 is 16.4. The minimum atomic E-state index is -0.119. The van der Waals surface area contributed by atoms with Crippen LogP contribution in [-0.2, 0) is 0 Å². The molecule has 0 aliphatic carbocycles. The van der Waals surface area contributed by atoms with Gasteiger partial charge in [0.2, 0.25) is 5.75 Å². The lowest BCUT2D eigenvalue weighted by Gasteiger charge is -2.15. The second-order valence-electron chi connectivity index (χ2n) is 7.71. The van der Waals surface area contributed by atoms with Crippen molar-refractivity contribution in [3.8, 4) is 39.5 Å². The van der Waals surface area contributed by atoms with E-state index in [1.54, 1.807) is 33.6 Å². The number of pyridine rings is 1. The van der Waals surface area contributed by atoms with Gasteiger partial charge in [-0.25, -0.2) is 4.98 Å². The Hall–Kier alpha value is -3.78. The summed E-state index contributed by atoms with van der Waals surface area (Å²) in [6.07, 6.45) is 1.69. The molecule has 2 aromatic carbocycles. The van der Waals surface area contributed by atoms with E-state index in [1.165, 1.54) is 0 Å². The molecule has 8 nitrogen and oxygen atoms in total. The molecule has 8 heteroatoms. The number of nitrogen functional groups attached to an aromatic ring is 1. The third-order valence-corrected chi connectivity index (χ3v) is 5.20. The van der Waals surface area contributed by atoms with E-state index in [4.69, 9.17) is 19.9 Å². The molecule has 3 aromatic rings. The van der Waals surface area contributed by atoms with Crippen LogP contribution in [0.1, 0.15) is 10.4 Å². The summed E-state index contributed by atoms with van der Waals surface area (Å²) >= 11 is 0. The number of nitrogens with zero attached hydrogens (tertiary/aromatic N) is 2. The highest BCUT2D eigenvalue weighted by atomic mass is 16.5. The Bertz CT molecular complexity index is 1110. The first-order valence-electron chi connectivity index (χ1n) is 10.5. The molecule has 1 amide bonds. The summed E-state index contributed by atoms with van der Waals surface area (Å²) in [7, 11) is 8.61. The predicted octanol–water partition coefficient (Wildman–Crippen LogP) is 3.32. The van der Waals surface area contributed by atoms with Gasteiger partial charge in [-0.2, -0.15) is 0 Å². The second kappa shape index (κ2) is 10.7. The van der Waals surface area contributed by atoms with Crippen molar-refractivity contribution in [2.24, 2.45) is 0 Å². The number of nitrogens with two attached hydrogens (primary N) is 1. The Morgan fingerprint density at radius 1 is 0.970 bits per heavy atom. The largest absolute Gasteiger partial charge is 0.493 e. The topological polar surface area (TPSA) is 98.9 Å². The molecule has 0 aliphatic heterocycles. The fourth-order valence-electron chi connectivity index (χ4n) is 3.44. The summed E-state index contributed by atoms with van der Waals surface area (Å²) in [5.74, 6) is 1.79. The summed E-state index contributed by atoms with van der Waals surface area (Å²) in [5.41, 5.74) is 9.97. The molecule has 3 N–H and O–H groups in total. The number of nitrogens with one attached hydrogen (secondary N) is 1. The van der Waals surface area contributed by atoms with Gasteiger partial charge in [0.05, 0.1) is 21.3 Å². The SMILES string of the molecule is COc1cc(-c2cc(-c3cccc(C(=O)NCCN(C)C)c3)cnc2N)cc(OC)c1OC. The molecule has 0 saturated heterocycles. The van der Waals surface area contributed by atoms with Crippen LogP contribution in [0.2, 0.25) is 0 Å². The van der Waals surface area contributed by atoms with Crippen LogP contribution in [0.15, 0.2) is 48.7 Å². The molecule has 174 valence electrons. The number of anilines is 1. The zero-order valence-electron chi connectivity index (χ0n) is 19.6. The lowest BCUT2D eigenvalue weighted by atomic mass is 9.99. The molecule has 3 rings (SSSR count). The van der Waals surface area contributed by atoms with Crippen LogP contribution in [0.4, 0.5) is 5.82 Å². The van der Waals surface area contributed by atoms with E-state index >= 15 is 0 Å². The van der Waals surface area contributed by atoms with E-state index in [0.717, 1.165) is 23.2 Å².